The normalized spacial score (nSPS) is 13.6. The number of aromatic nitrogens is 5. The van der Waals surface area contributed by atoms with Crippen molar-refractivity contribution in [3.05, 3.63) is 69.6 Å². The highest BCUT2D eigenvalue weighted by atomic mass is 35.5. The maximum Gasteiger partial charge on any atom is 0.349 e. The second-order valence-electron chi connectivity index (χ2n) is 5.78. The number of halogens is 3. The number of aromatic amines is 2. The van der Waals surface area contributed by atoms with Gasteiger partial charge in [-0.05, 0) is 18.1 Å². The first kappa shape index (κ1) is 17.7. The van der Waals surface area contributed by atoms with Crippen LogP contribution < -0.4 is 21.5 Å². The molecular formula is C17H11Cl3N6O4. The highest BCUT2D eigenvalue weighted by Gasteiger charge is 2.20. The van der Waals surface area contributed by atoms with Gasteiger partial charge in [0.25, 0.3) is 17.0 Å². The van der Waals surface area contributed by atoms with E-state index in [1.165, 1.54) is 19.1 Å². The number of H-pyrrole nitrogens is 2. The summed E-state index contributed by atoms with van der Waals surface area (Å²) < 4.78 is 28.8. The van der Waals surface area contributed by atoms with Crippen molar-refractivity contribution in [1.82, 2.24) is 25.0 Å². The van der Waals surface area contributed by atoms with Gasteiger partial charge in [0.15, 0.2) is 5.75 Å². The van der Waals surface area contributed by atoms with Crippen molar-refractivity contribution in [1.29, 1.82) is 5.26 Å². The van der Waals surface area contributed by atoms with Crippen molar-refractivity contribution in [2.24, 2.45) is 0 Å². The topological polar surface area (TPSA) is 147 Å². The maximum absolute atomic E-state index is 12.1. The van der Waals surface area contributed by atoms with Crippen molar-refractivity contribution in [3.8, 4) is 23.4 Å². The maximum atomic E-state index is 12.1. The Balaban J connectivity index is 2.08. The van der Waals surface area contributed by atoms with Crippen molar-refractivity contribution >= 4 is 34.8 Å². The highest BCUT2D eigenvalue weighted by molar-refractivity contribution is 6.37. The summed E-state index contributed by atoms with van der Waals surface area (Å²) in [5, 5.41) is 17.7. The molecule has 0 fully saturated rings. The van der Waals surface area contributed by atoms with Gasteiger partial charge in [0.05, 0.1) is 15.7 Å². The molecule has 1 atom stereocenters. The lowest BCUT2D eigenvalue weighted by Gasteiger charge is -2.14. The predicted octanol–water partition coefficient (Wildman–Crippen LogP) is 2.75. The number of benzene rings is 1. The smallest absolute Gasteiger partial charge is 0.349 e. The van der Waals surface area contributed by atoms with Crippen LogP contribution in [0.3, 0.4) is 0 Å². The average molecular weight is 473 g/mol. The quantitative estimate of drug-likeness (QED) is 0.593. The Labute approximate surface area is 186 Å². The molecule has 154 valence electrons. The van der Waals surface area contributed by atoms with Gasteiger partial charge in [0.2, 0.25) is 5.69 Å². The fraction of sp³-hybridized carbons (Fsp3) is 0.176. The van der Waals surface area contributed by atoms with Gasteiger partial charge in [-0.15, -0.1) is 10.2 Å². The molecule has 0 aliphatic heterocycles. The fourth-order valence-corrected chi connectivity index (χ4v) is 3.27. The number of nitrogens with zero attached hydrogens (tertiary/aromatic N) is 4. The number of hydrogen-bond acceptors (Lipinski definition) is 7. The lowest BCUT2D eigenvalue weighted by Crippen LogP contribution is -2.33. The number of nitriles is 1. The molecule has 0 bridgehead atoms. The van der Waals surface area contributed by atoms with Crippen LogP contribution in [0.25, 0.3) is 5.69 Å². The molecule has 0 saturated carbocycles. The van der Waals surface area contributed by atoms with E-state index in [1.807, 2.05) is 4.98 Å². The van der Waals surface area contributed by atoms with Crippen LogP contribution in [-0.4, -0.2) is 25.0 Å². The molecule has 13 heteroatoms. The number of rotatable bonds is 4. The minimum Gasteiger partial charge on any atom is -0.433 e. The molecule has 30 heavy (non-hydrogen) atoms. The van der Waals surface area contributed by atoms with Crippen LogP contribution in [0.4, 0.5) is 0 Å². The van der Waals surface area contributed by atoms with Crippen LogP contribution in [-0.2, 0) is 0 Å². The van der Waals surface area contributed by atoms with Gasteiger partial charge in [0.1, 0.15) is 11.1 Å². The van der Waals surface area contributed by atoms with Crippen molar-refractivity contribution in [2.75, 3.05) is 0 Å². The molecule has 10 nitrogen and oxygen atoms in total. The molecule has 3 aromatic rings. The first-order valence-electron chi connectivity index (χ1n) is 9.44. The molecule has 0 radical (unpaired) electrons. The zero-order valence-corrected chi connectivity index (χ0v) is 17.1. The number of nitrogens with one attached hydrogen (secondary N) is 2. The van der Waals surface area contributed by atoms with E-state index in [-0.39, 0.29) is 37.9 Å². The Kier molecular flexibility index (Phi) is 4.91. The Morgan fingerprint density at radius 3 is 2.50 bits per heavy atom. The fourth-order valence-electron chi connectivity index (χ4n) is 2.39. The second-order valence-corrected chi connectivity index (χ2v) is 6.97. The predicted molar refractivity (Wildman–Crippen MR) is 109 cm³/mol. The zero-order chi connectivity index (χ0) is 24.7. The Hall–Kier alpha value is -3.13. The SMILES string of the molecule is [2H]C([2H])([2H])C(C)c1c(Cl)c(Oc2c(Cl)cc(-n3nc(C#N)c(=O)[nH]c3=O)cc2Cl)n[nH]c1=O. The van der Waals surface area contributed by atoms with E-state index < -0.39 is 35.3 Å². The molecule has 0 amide bonds. The van der Waals surface area contributed by atoms with E-state index in [4.69, 9.17) is 48.9 Å². The molecule has 1 unspecified atom stereocenters. The Morgan fingerprint density at radius 2 is 1.90 bits per heavy atom. The van der Waals surface area contributed by atoms with Gasteiger partial charge in [-0.2, -0.15) is 9.94 Å². The van der Waals surface area contributed by atoms with Crippen LogP contribution in [0.15, 0.2) is 26.5 Å². The second kappa shape index (κ2) is 8.31. The molecule has 2 aromatic heterocycles. The van der Waals surface area contributed by atoms with E-state index >= 15 is 0 Å². The lowest BCUT2D eigenvalue weighted by molar-refractivity contribution is 0.453. The van der Waals surface area contributed by atoms with Gasteiger partial charge in [0, 0.05) is 9.68 Å². The van der Waals surface area contributed by atoms with E-state index in [0.717, 1.165) is 0 Å². The first-order chi connectivity index (χ1) is 15.3. The summed E-state index contributed by atoms with van der Waals surface area (Å²) in [5.41, 5.74) is -3.56. The molecule has 2 N–H and O–H groups in total. The van der Waals surface area contributed by atoms with E-state index in [2.05, 4.69) is 15.3 Å². The molecule has 0 aliphatic rings. The molecule has 1 aromatic carbocycles. The summed E-state index contributed by atoms with van der Waals surface area (Å²) in [6, 6.07) is 3.94. The summed E-state index contributed by atoms with van der Waals surface area (Å²) in [4.78, 5) is 37.7. The molecule has 3 rings (SSSR count). The summed E-state index contributed by atoms with van der Waals surface area (Å²) in [5.74, 6) is -1.79. The van der Waals surface area contributed by atoms with Crippen LogP contribution in [0.2, 0.25) is 15.1 Å². The molecule has 0 saturated heterocycles. The Bertz CT molecular complexity index is 1450. The third kappa shape index (κ3) is 3.95. The van der Waals surface area contributed by atoms with E-state index in [9.17, 15) is 14.4 Å². The minimum atomic E-state index is -2.52. The monoisotopic (exact) mass is 471 g/mol. The van der Waals surface area contributed by atoms with Gasteiger partial charge >= 0.3 is 5.69 Å². The summed E-state index contributed by atoms with van der Waals surface area (Å²) in [6.45, 7) is -1.22. The van der Waals surface area contributed by atoms with E-state index in [1.54, 1.807) is 6.07 Å². The highest BCUT2D eigenvalue weighted by Crippen LogP contribution is 2.40. The number of ether oxygens (including phenoxy) is 1. The lowest BCUT2D eigenvalue weighted by atomic mass is 10.1. The van der Waals surface area contributed by atoms with E-state index in [0.29, 0.717) is 4.68 Å². The van der Waals surface area contributed by atoms with Gasteiger partial charge in [-0.25, -0.2) is 9.89 Å². The average Bonchev–Trinajstić information content (AvgIpc) is 2.71. The summed E-state index contributed by atoms with van der Waals surface area (Å²) in [7, 11) is 0. The first-order valence-corrected chi connectivity index (χ1v) is 9.07. The van der Waals surface area contributed by atoms with Crippen LogP contribution in [0.5, 0.6) is 11.6 Å². The number of hydrogen-bond donors (Lipinski definition) is 2. The zero-order valence-electron chi connectivity index (χ0n) is 17.8. The van der Waals surface area contributed by atoms with Crippen LogP contribution in [0, 0.1) is 11.3 Å². The molecule has 2 heterocycles. The van der Waals surface area contributed by atoms with Gasteiger partial charge in [-0.3, -0.25) is 14.6 Å². The van der Waals surface area contributed by atoms with Gasteiger partial charge in [-0.1, -0.05) is 48.6 Å². The third-order valence-corrected chi connectivity index (χ3v) is 4.65. The minimum absolute atomic E-state index is 0.00709. The third-order valence-electron chi connectivity index (χ3n) is 3.72. The molecule has 0 aliphatic carbocycles. The van der Waals surface area contributed by atoms with Gasteiger partial charge < -0.3 is 4.74 Å². The molecular weight excluding hydrogens is 459 g/mol. The standard InChI is InChI=1S/C17H11Cl3N6O4/c1-6(2)11-12(20)16(24-23-15(11)28)30-13-8(18)3-7(4-9(13)19)26-17(29)22-14(27)10(5-21)25-26/h3-4,6H,1-2H3,(H,23,28)(H,22,27,29)/i1D3. The summed E-state index contributed by atoms with van der Waals surface area (Å²) in [6.07, 6.45) is 0. The van der Waals surface area contributed by atoms with Crippen molar-refractivity contribution in [2.45, 2.75) is 19.7 Å². The molecule has 0 spiro atoms. The van der Waals surface area contributed by atoms with Crippen LogP contribution in [0.1, 0.15) is 35.1 Å². The van der Waals surface area contributed by atoms with Crippen molar-refractivity contribution in [3.63, 3.8) is 0 Å². The largest absolute Gasteiger partial charge is 0.433 e. The van der Waals surface area contributed by atoms with Crippen molar-refractivity contribution < 1.29 is 8.85 Å². The summed E-state index contributed by atoms with van der Waals surface area (Å²) >= 11 is 18.7. The van der Waals surface area contributed by atoms with Crippen LogP contribution >= 0.6 is 34.8 Å². The Morgan fingerprint density at radius 1 is 1.23 bits per heavy atom.